The van der Waals surface area contributed by atoms with Gasteiger partial charge < -0.3 is 14.6 Å². The molecule has 0 radical (unpaired) electrons. The van der Waals surface area contributed by atoms with Gasteiger partial charge >= 0.3 is 11.9 Å². The van der Waals surface area contributed by atoms with Crippen LogP contribution in [0, 0.1) is 0 Å². The van der Waals surface area contributed by atoms with Crippen molar-refractivity contribution in [1.29, 1.82) is 0 Å². The van der Waals surface area contributed by atoms with Crippen LogP contribution < -0.4 is 0 Å². The molecule has 0 aromatic heterocycles. The number of aliphatic hydroxyl groups is 1. The normalized spacial score (nSPS) is 12.8. The number of aliphatic hydroxyl groups excluding tert-OH is 1. The monoisotopic (exact) mass is 643 g/mol. The van der Waals surface area contributed by atoms with Gasteiger partial charge in [0.1, 0.15) is 6.61 Å². The van der Waals surface area contributed by atoms with E-state index in [1.165, 1.54) is 128 Å². The Morgan fingerprint density at radius 3 is 1.43 bits per heavy atom. The minimum atomic E-state index is -0.866. The minimum Gasteiger partial charge on any atom is -0.462 e. The highest BCUT2D eigenvalue weighted by atomic mass is 16.6. The maximum atomic E-state index is 12.0. The maximum absolute atomic E-state index is 12.0. The van der Waals surface area contributed by atoms with Crippen molar-refractivity contribution in [3.05, 3.63) is 60.8 Å². The summed E-state index contributed by atoms with van der Waals surface area (Å²) in [6.07, 6.45) is 47.6. The summed E-state index contributed by atoms with van der Waals surface area (Å²) in [5.74, 6) is -0.899. The molecule has 5 nitrogen and oxygen atoms in total. The van der Waals surface area contributed by atoms with Crippen LogP contribution in [0.4, 0.5) is 0 Å². The predicted octanol–water partition coefficient (Wildman–Crippen LogP) is 11.6. The molecule has 0 aliphatic heterocycles. The average Bonchev–Trinajstić information content (AvgIpc) is 3.06. The zero-order valence-corrected chi connectivity index (χ0v) is 29.8. The fourth-order valence-corrected chi connectivity index (χ4v) is 5.14. The van der Waals surface area contributed by atoms with Gasteiger partial charge in [-0.25, -0.2) is 4.79 Å². The third-order valence-corrected chi connectivity index (χ3v) is 8.02. The topological polar surface area (TPSA) is 72.8 Å². The van der Waals surface area contributed by atoms with E-state index < -0.39 is 18.7 Å². The van der Waals surface area contributed by atoms with Gasteiger partial charge in [0.2, 0.25) is 0 Å². The molecule has 0 unspecified atom stereocenters. The smallest absolute Gasteiger partial charge is 0.331 e. The number of esters is 2. The molecule has 46 heavy (non-hydrogen) atoms. The van der Waals surface area contributed by atoms with Gasteiger partial charge in [-0.2, -0.15) is 0 Å². The van der Waals surface area contributed by atoms with Crippen molar-refractivity contribution in [1.82, 2.24) is 0 Å². The van der Waals surface area contributed by atoms with E-state index in [4.69, 9.17) is 9.47 Å². The van der Waals surface area contributed by atoms with Gasteiger partial charge in [-0.1, -0.05) is 197 Å². The summed E-state index contributed by atoms with van der Waals surface area (Å²) in [4.78, 5) is 24.1. The molecule has 1 N–H and O–H groups in total. The molecule has 0 aromatic carbocycles. The highest BCUT2D eigenvalue weighted by molar-refractivity contribution is 5.82. The van der Waals surface area contributed by atoms with Crippen molar-refractivity contribution in [3.63, 3.8) is 0 Å². The molecule has 0 aromatic rings. The van der Waals surface area contributed by atoms with E-state index in [0.29, 0.717) is 6.42 Å². The summed E-state index contributed by atoms with van der Waals surface area (Å²) in [5.41, 5.74) is 0. The van der Waals surface area contributed by atoms with E-state index in [-0.39, 0.29) is 12.6 Å². The van der Waals surface area contributed by atoms with Crippen molar-refractivity contribution < 1.29 is 24.2 Å². The lowest BCUT2D eigenvalue weighted by Crippen LogP contribution is -2.27. The molecule has 0 bridgehead atoms. The first kappa shape index (κ1) is 43.6. The Morgan fingerprint density at radius 1 is 0.543 bits per heavy atom. The number of allylic oxidation sites excluding steroid dienone is 9. The molecule has 0 saturated heterocycles. The van der Waals surface area contributed by atoms with Crippen LogP contribution in [0.3, 0.4) is 0 Å². The molecule has 0 fully saturated rings. The Kier molecular flexibility index (Phi) is 35.1. The Morgan fingerprint density at radius 2 is 0.957 bits per heavy atom. The second kappa shape index (κ2) is 37.1. The molecule has 0 saturated carbocycles. The first-order chi connectivity index (χ1) is 22.6. The third-order valence-electron chi connectivity index (χ3n) is 8.02. The summed E-state index contributed by atoms with van der Waals surface area (Å²) in [5, 5.41) is 9.50. The van der Waals surface area contributed by atoms with Crippen molar-refractivity contribution in [2.24, 2.45) is 0 Å². The van der Waals surface area contributed by atoms with E-state index in [0.717, 1.165) is 25.7 Å². The summed E-state index contributed by atoms with van der Waals surface area (Å²) < 4.78 is 10.4. The first-order valence-electron chi connectivity index (χ1n) is 18.9. The van der Waals surface area contributed by atoms with E-state index in [2.05, 4.69) is 26.0 Å². The molecule has 0 rings (SSSR count). The molecule has 0 amide bonds. The summed E-state index contributed by atoms with van der Waals surface area (Å²) in [6, 6.07) is 0. The number of unbranched alkanes of at least 4 members (excludes halogenated alkanes) is 21. The second-order valence-corrected chi connectivity index (χ2v) is 12.5. The Labute approximate surface area is 283 Å². The minimum absolute atomic E-state index is 0.133. The summed E-state index contributed by atoms with van der Waals surface area (Å²) in [6.45, 7) is 3.98. The average molecular weight is 643 g/mol. The van der Waals surface area contributed by atoms with Gasteiger partial charge in [-0.05, 0) is 19.3 Å². The van der Waals surface area contributed by atoms with Gasteiger partial charge in [0.15, 0.2) is 6.10 Å². The fraction of sp³-hybridized carbons (Fsp3) is 0.707. The van der Waals surface area contributed by atoms with Gasteiger partial charge in [0.05, 0.1) is 6.61 Å². The van der Waals surface area contributed by atoms with Crippen LogP contribution in [0.1, 0.15) is 168 Å². The number of ether oxygens (including phenoxy) is 2. The van der Waals surface area contributed by atoms with Crippen molar-refractivity contribution >= 4 is 11.9 Å². The van der Waals surface area contributed by atoms with Crippen LogP contribution in [0.15, 0.2) is 60.8 Å². The van der Waals surface area contributed by atoms with Gasteiger partial charge in [-0.15, -0.1) is 0 Å². The number of rotatable bonds is 33. The van der Waals surface area contributed by atoms with Crippen molar-refractivity contribution in [3.8, 4) is 0 Å². The number of carbonyl (C=O) groups is 2. The van der Waals surface area contributed by atoms with Crippen LogP contribution in [-0.2, 0) is 19.1 Å². The lowest BCUT2D eigenvalue weighted by Gasteiger charge is -2.14. The fourth-order valence-electron chi connectivity index (χ4n) is 5.14. The molecule has 0 spiro atoms. The maximum Gasteiger partial charge on any atom is 0.331 e. The molecule has 5 heteroatoms. The first-order valence-corrected chi connectivity index (χ1v) is 18.9. The molecule has 0 aliphatic rings. The molecule has 0 heterocycles. The summed E-state index contributed by atoms with van der Waals surface area (Å²) >= 11 is 0. The third kappa shape index (κ3) is 34.5. The van der Waals surface area contributed by atoms with Gasteiger partial charge in [0, 0.05) is 12.5 Å². The lowest BCUT2D eigenvalue weighted by atomic mass is 10.0. The lowest BCUT2D eigenvalue weighted by molar-refractivity contribution is -0.157. The molecular weight excluding hydrogens is 572 g/mol. The highest BCUT2D eigenvalue weighted by Crippen LogP contribution is 2.14. The predicted molar refractivity (Wildman–Crippen MR) is 196 cm³/mol. The molecule has 0 aliphatic carbocycles. The number of hydrogen-bond donors (Lipinski definition) is 1. The van der Waals surface area contributed by atoms with Crippen LogP contribution in [0.2, 0.25) is 0 Å². The molecule has 1 atom stereocenters. The number of hydrogen-bond acceptors (Lipinski definition) is 5. The van der Waals surface area contributed by atoms with Crippen LogP contribution >= 0.6 is 0 Å². The molecule has 264 valence electrons. The standard InChI is InChI=1S/C41H70O5/c1-3-5-7-9-11-13-15-17-19-20-22-24-26-28-30-32-34-36-41(44)46-39(37-42)38-45-40(43)35-33-31-29-27-25-23-21-18-16-14-12-10-8-6-4-2/h19-20,22,24,26,28,30,32,34,36,39,42H,3-18,21,23,25,27,29,31,33,35,37-38H2,1-2H3/t39-/m0/s1. The van der Waals surface area contributed by atoms with Crippen LogP contribution in [0.5, 0.6) is 0 Å². The Balaban J connectivity index is 3.78. The van der Waals surface area contributed by atoms with E-state index in [9.17, 15) is 14.7 Å². The van der Waals surface area contributed by atoms with Crippen LogP contribution in [-0.4, -0.2) is 36.4 Å². The van der Waals surface area contributed by atoms with Gasteiger partial charge in [-0.3, -0.25) is 4.79 Å². The van der Waals surface area contributed by atoms with Crippen molar-refractivity contribution in [2.45, 2.75) is 174 Å². The summed E-state index contributed by atoms with van der Waals surface area (Å²) in [7, 11) is 0. The Hall–Kier alpha value is -2.40. The van der Waals surface area contributed by atoms with Crippen molar-refractivity contribution in [2.75, 3.05) is 13.2 Å². The number of carbonyl (C=O) groups excluding carboxylic acids is 2. The quantitative estimate of drug-likeness (QED) is 0.0334. The van der Waals surface area contributed by atoms with E-state index >= 15 is 0 Å². The molecular formula is C41H70O5. The van der Waals surface area contributed by atoms with E-state index in [1.807, 2.05) is 30.4 Å². The van der Waals surface area contributed by atoms with Gasteiger partial charge in [0.25, 0.3) is 0 Å². The zero-order valence-electron chi connectivity index (χ0n) is 29.8. The largest absolute Gasteiger partial charge is 0.462 e. The highest BCUT2D eigenvalue weighted by Gasteiger charge is 2.14. The Bertz CT molecular complexity index is 823. The zero-order chi connectivity index (χ0) is 33.6. The van der Waals surface area contributed by atoms with Crippen LogP contribution in [0.25, 0.3) is 0 Å². The van der Waals surface area contributed by atoms with E-state index in [1.54, 1.807) is 12.2 Å². The second-order valence-electron chi connectivity index (χ2n) is 12.5. The SMILES string of the molecule is CCCCCCCCCC=CC=CC=CC=CC=CC(=O)O[C@@H](CO)COC(=O)CCCCCCCCCCCCCCCCC.